The van der Waals surface area contributed by atoms with Gasteiger partial charge in [0.25, 0.3) is 6.71 Å². The first kappa shape index (κ1) is 32.2. The van der Waals surface area contributed by atoms with Gasteiger partial charge in [0.1, 0.15) is 11.5 Å². The normalized spacial score (nSPS) is 12.4. The van der Waals surface area contributed by atoms with Crippen molar-refractivity contribution >= 4 is 99.8 Å². The van der Waals surface area contributed by atoms with Crippen LogP contribution < -0.4 is 30.9 Å². The Morgan fingerprint density at radius 2 is 1.09 bits per heavy atom. The van der Waals surface area contributed by atoms with E-state index in [4.69, 9.17) is 4.74 Å². The SMILES string of the molecule is Cc1cc2c3c(c1)-n1c4c(ccc(N(c5ccccc5)c5ccccc5)c4c4sc5ccccc5c41)B3c1ccc(N(c3ccccc3)c3ccccc3)cc1O2. The second-order valence-electron chi connectivity index (χ2n) is 15.0. The van der Waals surface area contributed by atoms with Gasteiger partial charge in [-0.25, -0.2) is 0 Å². The fourth-order valence-electron chi connectivity index (χ4n) is 9.33. The number of hydrogen-bond acceptors (Lipinski definition) is 4. The lowest BCUT2D eigenvalue weighted by molar-refractivity contribution is 0.487. The molecule has 0 unspecified atom stereocenters. The Morgan fingerprint density at radius 3 is 1.74 bits per heavy atom. The molecule has 4 heterocycles. The van der Waals surface area contributed by atoms with E-state index in [0.29, 0.717) is 0 Å². The topological polar surface area (TPSA) is 20.6 Å². The highest BCUT2D eigenvalue weighted by molar-refractivity contribution is 7.27. The van der Waals surface area contributed by atoms with Crippen LogP contribution in [0.1, 0.15) is 5.56 Å². The van der Waals surface area contributed by atoms with Crippen LogP contribution in [0.3, 0.4) is 0 Å². The van der Waals surface area contributed by atoms with Gasteiger partial charge in [0.05, 0.1) is 21.4 Å². The van der Waals surface area contributed by atoms with Gasteiger partial charge in [0.15, 0.2) is 0 Å². The largest absolute Gasteiger partial charge is 0.458 e. The molecule has 10 aromatic rings. The lowest BCUT2D eigenvalue weighted by atomic mass is 9.34. The quantitative estimate of drug-likeness (QED) is 0.158. The zero-order chi connectivity index (χ0) is 37.6. The number of anilines is 6. The van der Waals surface area contributed by atoms with Crippen LogP contribution in [-0.2, 0) is 0 Å². The second-order valence-corrected chi connectivity index (χ2v) is 16.0. The zero-order valence-electron chi connectivity index (χ0n) is 31.1. The van der Waals surface area contributed by atoms with Crippen molar-refractivity contribution in [3.05, 3.63) is 194 Å². The summed E-state index contributed by atoms with van der Waals surface area (Å²) >= 11 is 1.90. The van der Waals surface area contributed by atoms with Gasteiger partial charge in [-0.1, -0.05) is 103 Å². The van der Waals surface area contributed by atoms with Crippen LogP contribution in [0, 0.1) is 6.92 Å². The van der Waals surface area contributed by atoms with Crippen molar-refractivity contribution in [2.24, 2.45) is 0 Å². The molecule has 0 bridgehead atoms. The smallest absolute Gasteiger partial charge is 0.256 e. The molecule has 0 N–H and O–H groups in total. The Kier molecular flexibility index (Phi) is 7.07. The first-order valence-corrected chi connectivity index (χ1v) is 20.3. The summed E-state index contributed by atoms with van der Waals surface area (Å²) in [4.78, 5) is 4.73. The predicted molar refractivity (Wildman–Crippen MR) is 241 cm³/mol. The minimum Gasteiger partial charge on any atom is -0.458 e. The number of thiophene rings is 1. The summed E-state index contributed by atoms with van der Waals surface area (Å²) in [7, 11) is 0. The highest BCUT2D eigenvalue weighted by Crippen LogP contribution is 2.49. The molecule has 8 aromatic carbocycles. The van der Waals surface area contributed by atoms with E-state index in [1.165, 1.54) is 64.5 Å². The highest BCUT2D eigenvalue weighted by atomic mass is 32.1. The van der Waals surface area contributed by atoms with Gasteiger partial charge < -0.3 is 19.1 Å². The fourth-order valence-corrected chi connectivity index (χ4v) is 10.6. The number of hydrogen-bond donors (Lipinski definition) is 0. The van der Waals surface area contributed by atoms with Crippen LogP contribution in [0.4, 0.5) is 34.1 Å². The third-order valence-electron chi connectivity index (χ3n) is 11.6. The molecule has 0 amide bonds. The Bertz CT molecular complexity index is 3100. The molecule has 0 atom stereocenters. The number of benzene rings is 8. The minimum absolute atomic E-state index is 0.0171. The Labute approximate surface area is 335 Å². The molecular weight excluding hydrogens is 713 g/mol. The maximum Gasteiger partial charge on any atom is 0.256 e. The predicted octanol–water partition coefficient (Wildman–Crippen LogP) is 12.2. The van der Waals surface area contributed by atoms with Gasteiger partial charge in [-0.3, -0.25) is 0 Å². The molecule has 268 valence electrons. The molecule has 12 rings (SSSR count). The Hall–Kier alpha value is -7.02. The molecule has 2 aromatic heterocycles. The van der Waals surface area contributed by atoms with Crippen LogP contribution >= 0.6 is 11.3 Å². The van der Waals surface area contributed by atoms with Crippen LogP contribution in [-0.4, -0.2) is 11.3 Å². The standard InChI is InChI=1S/C51H34BN3OS/c1-33-30-43-48-45(31-33)56-44-32-38(53(34-16-6-2-7-17-34)35-18-8-3-9-19-35)26-27-40(44)52(48)41-28-29-42(54(36-20-10-4-11-21-36)37-22-12-5-13-23-37)47-50(41)55(43)49-39-24-14-15-25-46(39)57-51(47)49/h2-32H,1H3. The highest BCUT2D eigenvalue weighted by Gasteiger charge is 2.42. The van der Waals surface area contributed by atoms with Crippen molar-refractivity contribution in [1.82, 2.24) is 4.57 Å². The van der Waals surface area contributed by atoms with Gasteiger partial charge in [-0.2, -0.15) is 0 Å². The average Bonchev–Trinajstić information content (AvgIpc) is 3.80. The van der Waals surface area contributed by atoms with Crippen LogP contribution in [0.2, 0.25) is 0 Å². The number of para-hydroxylation sites is 4. The van der Waals surface area contributed by atoms with Gasteiger partial charge in [0, 0.05) is 55.7 Å². The molecule has 4 nitrogen and oxygen atoms in total. The van der Waals surface area contributed by atoms with Gasteiger partial charge in [-0.15, -0.1) is 11.3 Å². The van der Waals surface area contributed by atoms with E-state index in [9.17, 15) is 0 Å². The van der Waals surface area contributed by atoms with E-state index in [2.05, 4.69) is 209 Å². The van der Waals surface area contributed by atoms with Gasteiger partial charge >= 0.3 is 0 Å². The number of rotatable bonds is 6. The second kappa shape index (κ2) is 12.5. The van der Waals surface area contributed by atoms with E-state index in [1.807, 2.05) is 11.3 Å². The van der Waals surface area contributed by atoms with Crippen molar-refractivity contribution in [3.63, 3.8) is 0 Å². The summed E-state index contributed by atoms with van der Waals surface area (Å²) in [5, 5.41) is 2.54. The van der Waals surface area contributed by atoms with E-state index < -0.39 is 0 Å². The average molecular weight is 748 g/mol. The molecule has 0 saturated heterocycles. The zero-order valence-corrected chi connectivity index (χ0v) is 31.9. The first-order valence-electron chi connectivity index (χ1n) is 19.5. The monoisotopic (exact) mass is 747 g/mol. The molecule has 0 fully saturated rings. The lowest BCUT2D eigenvalue weighted by Gasteiger charge is -2.35. The molecule has 57 heavy (non-hydrogen) atoms. The van der Waals surface area contributed by atoms with Gasteiger partial charge in [-0.05, 0) is 108 Å². The molecule has 6 heteroatoms. The van der Waals surface area contributed by atoms with Crippen molar-refractivity contribution in [3.8, 4) is 17.2 Å². The number of aromatic nitrogens is 1. The molecular formula is C51H34BN3OS. The number of aryl methyl sites for hydroxylation is 1. The summed E-state index contributed by atoms with van der Waals surface area (Å²) in [6, 6.07) is 67.7. The maximum atomic E-state index is 7.07. The van der Waals surface area contributed by atoms with E-state index in [0.717, 1.165) is 39.9 Å². The van der Waals surface area contributed by atoms with Crippen molar-refractivity contribution in [2.45, 2.75) is 6.92 Å². The Morgan fingerprint density at radius 1 is 0.509 bits per heavy atom. The van der Waals surface area contributed by atoms with E-state index in [-0.39, 0.29) is 6.71 Å². The maximum absolute atomic E-state index is 7.07. The summed E-state index contributed by atoms with van der Waals surface area (Å²) in [6.07, 6.45) is 0. The number of ether oxygens (including phenoxy) is 1. The van der Waals surface area contributed by atoms with Crippen LogP contribution in [0.25, 0.3) is 36.9 Å². The Balaban J connectivity index is 1.15. The van der Waals surface area contributed by atoms with Crippen molar-refractivity contribution < 1.29 is 4.74 Å². The van der Waals surface area contributed by atoms with Crippen molar-refractivity contribution in [2.75, 3.05) is 9.80 Å². The third-order valence-corrected chi connectivity index (χ3v) is 12.8. The molecule has 2 aliphatic heterocycles. The molecule has 0 saturated carbocycles. The fraction of sp³-hybridized carbons (Fsp3) is 0.0196. The van der Waals surface area contributed by atoms with Gasteiger partial charge in [0.2, 0.25) is 0 Å². The number of nitrogens with zero attached hydrogens (tertiary/aromatic N) is 3. The lowest BCUT2D eigenvalue weighted by Crippen LogP contribution is -2.58. The molecule has 0 aliphatic carbocycles. The summed E-state index contributed by atoms with van der Waals surface area (Å²) < 4.78 is 12.2. The summed E-state index contributed by atoms with van der Waals surface area (Å²) in [6.45, 7) is 2.17. The number of fused-ring (bicyclic) bond motifs is 9. The molecule has 0 spiro atoms. The van der Waals surface area contributed by atoms with E-state index >= 15 is 0 Å². The van der Waals surface area contributed by atoms with Crippen molar-refractivity contribution in [1.29, 1.82) is 0 Å². The summed E-state index contributed by atoms with van der Waals surface area (Å²) in [5.74, 6) is 1.81. The summed E-state index contributed by atoms with van der Waals surface area (Å²) in [5.41, 5.74) is 15.2. The molecule has 2 aliphatic rings. The first-order chi connectivity index (χ1) is 28.2. The van der Waals surface area contributed by atoms with E-state index in [1.54, 1.807) is 0 Å². The molecule has 0 radical (unpaired) electrons. The van der Waals surface area contributed by atoms with Crippen LogP contribution in [0.15, 0.2) is 188 Å². The third kappa shape index (κ3) is 4.81. The van der Waals surface area contributed by atoms with Crippen LogP contribution in [0.5, 0.6) is 11.5 Å². The minimum atomic E-state index is -0.0171.